The Morgan fingerprint density at radius 1 is 1.35 bits per heavy atom. The Hall–Kier alpha value is -1.36. The highest BCUT2D eigenvalue weighted by atomic mass is 16.5. The zero-order valence-corrected chi connectivity index (χ0v) is 10.9. The first-order chi connectivity index (χ1) is 8.11. The molecule has 1 aliphatic rings. The van der Waals surface area contributed by atoms with E-state index in [1.165, 1.54) is 0 Å². The Labute approximate surface area is 102 Å². The summed E-state index contributed by atoms with van der Waals surface area (Å²) in [6.45, 7) is 8.62. The summed E-state index contributed by atoms with van der Waals surface area (Å²) in [7, 11) is 1.89. The molecule has 0 radical (unpaired) electrons. The van der Waals surface area contributed by atoms with Crippen LogP contribution in [0.2, 0.25) is 0 Å². The van der Waals surface area contributed by atoms with Crippen molar-refractivity contribution in [3.05, 3.63) is 11.4 Å². The van der Waals surface area contributed by atoms with E-state index in [0.717, 1.165) is 42.7 Å². The van der Waals surface area contributed by atoms with Crippen LogP contribution in [-0.2, 0) is 4.74 Å². The number of ether oxygens (including phenoxy) is 1. The number of nitrogens with zero attached hydrogens (tertiary/aromatic N) is 3. The molecule has 2 heterocycles. The molecule has 0 bridgehead atoms. The second-order valence-electron chi connectivity index (χ2n) is 4.45. The minimum absolute atomic E-state index is 0.261. The zero-order chi connectivity index (χ0) is 12.4. The highest BCUT2D eigenvalue weighted by molar-refractivity contribution is 5.58. The van der Waals surface area contributed by atoms with Crippen LogP contribution in [0.1, 0.15) is 18.3 Å². The van der Waals surface area contributed by atoms with Gasteiger partial charge in [0.1, 0.15) is 17.5 Å². The summed E-state index contributed by atoms with van der Waals surface area (Å²) in [4.78, 5) is 11.2. The van der Waals surface area contributed by atoms with E-state index in [9.17, 15) is 0 Å². The van der Waals surface area contributed by atoms with E-state index in [-0.39, 0.29) is 6.10 Å². The Bertz CT molecular complexity index is 408. The normalized spacial score (nSPS) is 20.5. The van der Waals surface area contributed by atoms with Crippen LogP contribution in [0, 0.1) is 13.8 Å². The van der Waals surface area contributed by atoms with Crippen LogP contribution in [-0.4, -0.2) is 42.8 Å². The molecule has 5 heteroatoms. The van der Waals surface area contributed by atoms with E-state index in [1.54, 1.807) is 0 Å². The molecule has 0 aromatic carbocycles. The van der Waals surface area contributed by atoms with Gasteiger partial charge >= 0.3 is 0 Å². The molecule has 2 rings (SSSR count). The molecule has 0 spiro atoms. The van der Waals surface area contributed by atoms with Crippen molar-refractivity contribution in [2.75, 3.05) is 37.0 Å². The lowest BCUT2D eigenvalue weighted by atomic mass is 10.2. The van der Waals surface area contributed by atoms with Gasteiger partial charge in [0, 0.05) is 25.7 Å². The largest absolute Gasteiger partial charge is 0.375 e. The van der Waals surface area contributed by atoms with E-state index in [4.69, 9.17) is 4.74 Å². The van der Waals surface area contributed by atoms with Crippen LogP contribution in [0.15, 0.2) is 0 Å². The van der Waals surface area contributed by atoms with Gasteiger partial charge in [0.05, 0.1) is 12.7 Å². The van der Waals surface area contributed by atoms with E-state index < -0.39 is 0 Å². The molecule has 1 N–H and O–H groups in total. The molecule has 1 saturated heterocycles. The fourth-order valence-corrected chi connectivity index (χ4v) is 2.18. The van der Waals surface area contributed by atoms with Crippen LogP contribution in [0.3, 0.4) is 0 Å². The molecule has 1 fully saturated rings. The Balaban J connectivity index is 2.33. The first kappa shape index (κ1) is 12.1. The van der Waals surface area contributed by atoms with E-state index in [1.807, 2.05) is 14.0 Å². The first-order valence-corrected chi connectivity index (χ1v) is 6.01. The SMILES string of the molecule is CNc1nc(C)nc(N2CCOC(C)C2)c1C. The summed E-state index contributed by atoms with van der Waals surface area (Å²) in [6, 6.07) is 0. The fourth-order valence-electron chi connectivity index (χ4n) is 2.18. The van der Waals surface area contributed by atoms with Crippen molar-refractivity contribution in [3.63, 3.8) is 0 Å². The first-order valence-electron chi connectivity index (χ1n) is 6.01. The maximum absolute atomic E-state index is 5.56. The Morgan fingerprint density at radius 2 is 2.12 bits per heavy atom. The van der Waals surface area contributed by atoms with Gasteiger partial charge in [-0.3, -0.25) is 0 Å². The quantitative estimate of drug-likeness (QED) is 0.840. The fraction of sp³-hybridized carbons (Fsp3) is 0.667. The minimum Gasteiger partial charge on any atom is -0.375 e. The van der Waals surface area contributed by atoms with Gasteiger partial charge in [-0.15, -0.1) is 0 Å². The van der Waals surface area contributed by atoms with Gasteiger partial charge in [0.15, 0.2) is 0 Å². The number of aromatic nitrogens is 2. The predicted molar refractivity (Wildman–Crippen MR) is 68.7 cm³/mol. The summed E-state index contributed by atoms with van der Waals surface area (Å²) < 4.78 is 5.56. The van der Waals surface area contributed by atoms with Crippen LogP contribution in [0.5, 0.6) is 0 Å². The molecular weight excluding hydrogens is 216 g/mol. The number of anilines is 2. The molecule has 0 saturated carbocycles. The summed E-state index contributed by atoms with van der Waals surface area (Å²) in [5, 5.41) is 3.12. The number of morpholine rings is 1. The maximum atomic E-state index is 5.56. The standard InChI is InChI=1S/C12H20N4O/c1-8-7-16(5-6-17-8)12-9(2)11(13-4)14-10(3)15-12/h8H,5-7H2,1-4H3,(H,13,14,15). The molecular formula is C12H20N4O. The second-order valence-corrected chi connectivity index (χ2v) is 4.45. The van der Waals surface area contributed by atoms with Gasteiger partial charge in [-0.25, -0.2) is 9.97 Å². The van der Waals surface area contributed by atoms with E-state index >= 15 is 0 Å². The number of rotatable bonds is 2. The monoisotopic (exact) mass is 236 g/mol. The van der Waals surface area contributed by atoms with E-state index in [0.29, 0.717) is 0 Å². The molecule has 0 amide bonds. The number of nitrogens with one attached hydrogen (secondary N) is 1. The highest BCUT2D eigenvalue weighted by Crippen LogP contribution is 2.24. The van der Waals surface area contributed by atoms with Crippen LogP contribution in [0.25, 0.3) is 0 Å². The number of hydrogen-bond donors (Lipinski definition) is 1. The molecule has 0 aliphatic carbocycles. The highest BCUT2D eigenvalue weighted by Gasteiger charge is 2.21. The minimum atomic E-state index is 0.261. The molecule has 1 unspecified atom stereocenters. The Kier molecular flexibility index (Phi) is 3.47. The molecule has 1 aromatic heterocycles. The van der Waals surface area contributed by atoms with Crippen molar-refractivity contribution in [1.29, 1.82) is 0 Å². The lowest BCUT2D eigenvalue weighted by Gasteiger charge is -2.33. The smallest absolute Gasteiger partial charge is 0.137 e. The van der Waals surface area contributed by atoms with Gasteiger partial charge in [-0.2, -0.15) is 0 Å². The van der Waals surface area contributed by atoms with Crippen LogP contribution in [0.4, 0.5) is 11.6 Å². The maximum Gasteiger partial charge on any atom is 0.137 e. The van der Waals surface area contributed by atoms with Crippen molar-refractivity contribution in [2.45, 2.75) is 26.9 Å². The second kappa shape index (κ2) is 4.87. The molecule has 94 valence electrons. The lowest BCUT2D eigenvalue weighted by molar-refractivity contribution is 0.0529. The summed E-state index contributed by atoms with van der Waals surface area (Å²) in [5.41, 5.74) is 1.10. The van der Waals surface area contributed by atoms with Crippen LogP contribution >= 0.6 is 0 Å². The van der Waals surface area contributed by atoms with Gasteiger partial charge in [-0.1, -0.05) is 0 Å². The predicted octanol–water partition coefficient (Wildman–Crippen LogP) is 1.36. The molecule has 5 nitrogen and oxygen atoms in total. The molecule has 1 atom stereocenters. The van der Waals surface area contributed by atoms with Gasteiger partial charge in [-0.05, 0) is 20.8 Å². The average molecular weight is 236 g/mol. The van der Waals surface area contributed by atoms with Crippen molar-refractivity contribution in [1.82, 2.24) is 9.97 Å². The Morgan fingerprint density at radius 3 is 2.76 bits per heavy atom. The molecule has 1 aromatic rings. The lowest BCUT2D eigenvalue weighted by Crippen LogP contribution is -2.42. The third-order valence-electron chi connectivity index (χ3n) is 3.01. The summed E-state index contributed by atoms with van der Waals surface area (Å²) in [6.07, 6.45) is 0.261. The van der Waals surface area contributed by atoms with Crippen molar-refractivity contribution in [2.24, 2.45) is 0 Å². The third kappa shape index (κ3) is 2.49. The van der Waals surface area contributed by atoms with Gasteiger partial charge in [0.25, 0.3) is 0 Å². The summed E-state index contributed by atoms with van der Waals surface area (Å²) in [5.74, 6) is 2.73. The van der Waals surface area contributed by atoms with Crippen molar-refractivity contribution in [3.8, 4) is 0 Å². The van der Waals surface area contributed by atoms with E-state index in [2.05, 4.69) is 34.0 Å². The van der Waals surface area contributed by atoms with Crippen LogP contribution < -0.4 is 10.2 Å². The summed E-state index contributed by atoms with van der Waals surface area (Å²) >= 11 is 0. The zero-order valence-electron chi connectivity index (χ0n) is 10.9. The molecule has 17 heavy (non-hydrogen) atoms. The van der Waals surface area contributed by atoms with Crippen molar-refractivity contribution >= 4 is 11.6 Å². The van der Waals surface area contributed by atoms with Gasteiger partial charge in [0.2, 0.25) is 0 Å². The van der Waals surface area contributed by atoms with Crippen molar-refractivity contribution < 1.29 is 4.74 Å². The number of aryl methyl sites for hydroxylation is 1. The average Bonchev–Trinajstić information content (AvgIpc) is 2.31. The third-order valence-corrected chi connectivity index (χ3v) is 3.01. The van der Waals surface area contributed by atoms with Gasteiger partial charge < -0.3 is 15.0 Å². The topological polar surface area (TPSA) is 50.3 Å². The molecule has 1 aliphatic heterocycles. The number of hydrogen-bond acceptors (Lipinski definition) is 5.